The van der Waals surface area contributed by atoms with Crippen molar-refractivity contribution < 1.29 is 28.5 Å². The number of nitrogens with one attached hydrogen (secondary N) is 1. The highest BCUT2D eigenvalue weighted by Gasteiger charge is 2.27. The summed E-state index contributed by atoms with van der Waals surface area (Å²) in [5, 5.41) is 2.83. The quantitative estimate of drug-likeness (QED) is 0.650. The first-order valence-corrected chi connectivity index (χ1v) is 10.4. The summed E-state index contributed by atoms with van der Waals surface area (Å²) in [5.41, 5.74) is 1.64. The first-order valence-electron chi connectivity index (χ1n) is 10.4. The van der Waals surface area contributed by atoms with E-state index in [-0.39, 0.29) is 11.8 Å². The predicted octanol–water partition coefficient (Wildman–Crippen LogP) is 3.89. The number of carbonyl (C=O) groups excluding carboxylic acids is 2. The van der Waals surface area contributed by atoms with Gasteiger partial charge in [-0.25, -0.2) is 4.98 Å². The number of aromatic nitrogens is 1. The van der Waals surface area contributed by atoms with Gasteiger partial charge in [-0.15, -0.1) is 0 Å². The van der Waals surface area contributed by atoms with Crippen LogP contribution in [0.2, 0.25) is 0 Å². The molecule has 5 rings (SSSR count). The highest BCUT2D eigenvalue weighted by Crippen LogP contribution is 2.41. The lowest BCUT2D eigenvalue weighted by Gasteiger charge is -2.15. The second kappa shape index (κ2) is 8.34. The van der Waals surface area contributed by atoms with E-state index >= 15 is 0 Å². The molecule has 0 saturated heterocycles. The molecule has 33 heavy (non-hydrogen) atoms. The van der Waals surface area contributed by atoms with E-state index in [9.17, 15) is 9.59 Å². The van der Waals surface area contributed by atoms with Gasteiger partial charge in [0.15, 0.2) is 11.5 Å². The highest BCUT2D eigenvalue weighted by molar-refractivity contribution is 6.11. The van der Waals surface area contributed by atoms with E-state index in [1.807, 2.05) is 0 Å². The molecule has 0 spiro atoms. The predicted molar refractivity (Wildman–Crippen MR) is 120 cm³/mol. The van der Waals surface area contributed by atoms with E-state index in [1.54, 1.807) is 55.7 Å². The Balaban J connectivity index is 1.44. The molecular formula is C24H21N3O6. The van der Waals surface area contributed by atoms with Gasteiger partial charge in [-0.2, -0.15) is 0 Å². The number of hydrogen-bond donors (Lipinski definition) is 1. The van der Waals surface area contributed by atoms with Crippen LogP contribution >= 0.6 is 0 Å². The number of carbonyl (C=O) groups is 2. The number of amides is 2. The zero-order chi connectivity index (χ0) is 22.9. The minimum atomic E-state index is -0.385. The van der Waals surface area contributed by atoms with Crippen LogP contribution in [0.5, 0.6) is 28.9 Å². The van der Waals surface area contributed by atoms with E-state index < -0.39 is 0 Å². The second-order valence-corrected chi connectivity index (χ2v) is 7.52. The molecule has 0 unspecified atom stereocenters. The van der Waals surface area contributed by atoms with Crippen LogP contribution in [0.15, 0.2) is 48.7 Å². The van der Waals surface area contributed by atoms with Crippen LogP contribution in [0.4, 0.5) is 11.4 Å². The average molecular weight is 447 g/mol. The Labute approximate surface area is 189 Å². The van der Waals surface area contributed by atoms with Crippen LogP contribution in [-0.4, -0.2) is 44.2 Å². The Bertz CT molecular complexity index is 1260. The maximum Gasteiger partial charge on any atom is 0.262 e. The van der Waals surface area contributed by atoms with Gasteiger partial charge < -0.3 is 29.2 Å². The van der Waals surface area contributed by atoms with Gasteiger partial charge >= 0.3 is 0 Å². The number of nitrogens with zero attached hydrogens (tertiary/aromatic N) is 2. The molecule has 2 aliphatic rings. The van der Waals surface area contributed by atoms with Crippen molar-refractivity contribution in [3.63, 3.8) is 0 Å². The summed E-state index contributed by atoms with van der Waals surface area (Å²) >= 11 is 0. The molecule has 3 heterocycles. The molecule has 0 radical (unpaired) electrons. The number of fused-ring (bicyclic) bond motifs is 3. The normalized spacial score (nSPS) is 14.2. The third kappa shape index (κ3) is 3.78. The molecule has 0 saturated carbocycles. The zero-order valence-electron chi connectivity index (χ0n) is 18.1. The molecule has 0 atom stereocenters. The topological polar surface area (TPSA) is 99.2 Å². The fraction of sp³-hybridized carbons (Fsp3) is 0.208. The molecule has 2 aliphatic heterocycles. The van der Waals surface area contributed by atoms with Crippen molar-refractivity contribution in [1.82, 2.24) is 4.98 Å². The highest BCUT2D eigenvalue weighted by atomic mass is 16.5. The van der Waals surface area contributed by atoms with Gasteiger partial charge in [-0.05, 0) is 42.5 Å². The lowest BCUT2D eigenvalue weighted by Crippen LogP contribution is -2.25. The number of ether oxygens (including phenoxy) is 4. The summed E-state index contributed by atoms with van der Waals surface area (Å²) < 4.78 is 22.7. The first-order chi connectivity index (χ1) is 16.0. The maximum atomic E-state index is 13.0. The molecule has 0 aliphatic carbocycles. The number of anilines is 2. The number of methoxy groups -OCH3 is 1. The molecule has 1 N–H and O–H groups in total. The lowest BCUT2D eigenvalue weighted by molar-refractivity contribution is 0.0990. The largest absolute Gasteiger partial charge is 0.493 e. The number of hydrogen-bond acceptors (Lipinski definition) is 7. The van der Waals surface area contributed by atoms with Crippen molar-refractivity contribution in [2.75, 3.05) is 37.6 Å². The Morgan fingerprint density at radius 2 is 1.97 bits per heavy atom. The van der Waals surface area contributed by atoms with Gasteiger partial charge in [-0.3, -0.25) is 9.59 Å². The average Bonchev–Trinajstić information content (AvgIpc) is 3.14. The number of pyridine rings is 1. The molecule has 168 valence electrons. The number of benzene rings is 2. The van der Waals surface area contributed by atoms with Gasteiger partial charge in [0.1, 0.15) is 11.4 Å². The van der Waals surface area contributed by atoms with Crippen molar-refractivity contribution in [1.29, 1.82) is 0 Å². The molecule has 9 nitrogen and oxygen atoms in total. The Morgan fingerprint density at radius 1 is 1.12 bits per heavy atom. The van der Waals surface area contributed by atoms with Gasteiger partial charge in [0.05, 0.1) is 25.9 Å². The van der Waals surface area contributed by atoms with E-state index in [4.69, 9.17) is 18.9 Å². The molecular weight excluding hydrogens is 426 g/mol. The summed E-state index contributed by atoms with van der Waals surface area (Å²) in [5.74, 6) is 1.39. The first kappa shape index (κ1) is 20.6. The summed E-state index contributed by atoms with van der Waals surface area (Å²) in [4.78, 5) is 31.7. The number of rotatable bonds is 3. The zero-order valence-corrected chi connectivity index (χ0v) is 18.1. The van der Waals surface area contributed by atoms with Crippen molar-refractivity contribution in [2.45, 2.75) is 6.42 Å². The summed E-state index contributed by atoms with van der Waals surface area (Å²) in [6.07, 6.45) is 2.33. The maximum absolute atomic E-state index is 13.0. The molecule has 1 aromatic heterocycles. The molecule has 3 aromatic rings. The standard InChI is InChI=1S/C24H21N3O6/c1-27-17-5-3-8-25-23(17)33-18-7-6-15(13-16(18)24(27)29)26-22(28)14-11-19(30-2)21-20(12-14)31-9-4-10-32-21/h3,5-8,11-13H,4,9-10H2,1-2H3,(H,26,28). The van der Waals surface area contributed by atoms with Crippen LogP contribution in [0.25, 0.3) is 0 Å². The van der Waals surface area contributed by atoms with Crippen molar-refractivity contribution in [3.8, 4) is 28.9 Å². The van der Waals surface area contributed by atoms with Crippen LogP contribution in [-0.2, 0) is 0 Å². The third-order valence-corrected chi connectivity index (χ3v) is 5.39. The van der Waals surface area contributed by atoms with Gasteiger partial charge in [-0.1, -0.05) is 0 Å². The van der Waals surface area contributed by atoms with Crippen LogP contribution < -0.4 is 29.2 Å². The minimum absolute atomic E-state index is 0.273. The summed E-state index contributed by atoms with van der Waals surface area (Å²) in [7, 11) is 3.16. The van der Waals surface area contributed by atoms with Crippen molar-refractivity contribution in [2.24, 2.45) is 0 Å². The van der Waals surface area contributed by atoms with Crippen molar-refractivity contribution in [3.05, 3.63) is 59.8 Å². The second-order valence-electron chi connectivity index (χ2n) is 7.52. The van der Waals surface area contributed by atoms with E-state index in [2.05, 4.69) is 10.3 Å². The smallest absolute Gasteiger partial charge is 0.262 e. The summed E-state index contributed by atoms with van der Waals surface area (Å²) in [6.45, 7) is 0.993. The molecule has 9 heteroatoms. The third-order valence-electron chi connectivity index (χ3n) is 5.39. The SMILES string of the molecule is COc1cc(C(=O)Nc2ccc3c(c2)C(=O)N(C)c2cccnc2O3)cc2c1OCCCO2. The van der Waals surface area contributed by atoms with E-state index in [1.165, 1.54) is 12.0 Å². The van der Waals surface area contributed by atoms with Crippen LogP contribution in [0, 0.1) is 0 Å². The minimum Gasteiger partial charge on any atom is -0.493 e. The van der Waals surface area contributed by atoms with Crippen molar-refractivity contribution >= 4 is 23.2 Å². The van der Waals surface area contributed by atoms with Gasteiger partial charge in [0, 0.05) is 30.9 Å². The Kier molecular flexibility index (Phi) is 5.21. The Morgan fingerprint density at radius 3 is 2.82 bits per heavy atom. The lowest BCUT2D eigenvalue weighted by atomic mass is 10.1. The van der Waals surface area contributed by atoms with Crippen LogP contribution in [0.1, 0.15) is 27.1 Å². The fourth-order valence-corrected chi connectivity index (χ4v) is 3.70. The Hall–Kier alpha value is -4.27. The van der Waals surface area contributed by atoms with E-state index in [0.717, 1.165) is 6.42 Å². The summed E-state index contributed by atoms with van der Waals surface area (Å²) in [6, 6.07) is 11.6. The molecule has 2 amide bonds. The fourth-order valence-electron chi connectivity index (χ4n) is 3.70. The van der Waals surface area contributed by atoms with Crippen LogP contribution in [0.3, 0.4) is 0 Å². The molecule has 0 fully saturated rings. The molecule has 2 aromatic carbocycles. The van der Waals surface area contributed by atoms with Gasteiger partial charge in [0.2, 0.25) is 11.6 Å². The monoisotopic (exact) mass is 447 g/mol. The van der Waals surface area contributed by atoms with E-state index in [0.29, 0.717) is 64.6 Å². The van der Waals surface area contributed by atoms with Gasteiger partial charge in [0.25, 0.3) is 11.8 Å². The molecule has 0 bridgehead atoms.